The first-order chi connectivity index (χ1) is 13.6. The average Bonchev–Trinajstić information content (AvgIpc) is 3.30. The third kappa shape index (κ3) is 4.16. The second kappa shape index (κ2) is 8.00. The minimum Gasteiger partial charge on any atom is -0.457 e. The summed E-state index contributed by atoms with van der Waals surface area (Å²) < 4.78 is 6.80. The number of amidine groups is 1. The van der Waals surface area contributed by atoms with E-state index in [-0.39, 0.29) is 11.1 Å². The standard InChI is InChI=1S/C21H13BrN2O3S/c22-15-8-6-13(7-9-15)17-11-10-16(27-17)12-18-20(26)24-21(28-18)23-19(25)14-4-2-1-3-5-14/h1-12H,(H,23,24,25,26)/b18-12-. The van der Waals surface area contributed by atoms with Crippen molar-refractivity contribution in [3.8, 4) is 11.3 Å². The minimum atomic E-state index is -0.403. The lowest BCUT2D eigenvalue weighted by atomic mass is 10.2. The van der Waals surface area contributed by atoms with Crippen molar-refractivity contribution in [1.29, 1.82) is 0 Å². The third-order valence-corrected chi connectivity index (χ3v) is 5.34. The molecule has 2 aromatic carbocycles. The lowest BCUT2D eigenvalue weighted by Gasteiger charge is -1.96. The zero-order chi connectivity index (χ0) is 19.5. The summed E-state index contributed by atoms with van der Waals surface area (Å²) in [5.41, 5.74) is 1.40. The van der Waals surface area contributed by atoms with Gasteiger partial charge in [0.1, 0.15) is 11.5 Å². The van der Waals surface area contributed by atoms with Crippen LogP contribution in [0.25, 0.3) is 17.4 Å². The molecule has 1 aliphatic rings. The number of nitrogens with zero attached hydrogens (tertiary/aromatic N) is 1. The van der Waals surface area contributed by atoms with Gasteiger partial charge < -0.3 is 9.73 Å². The minimum absolute atomic E-state index is 0.254. The summed E-state index contributed by atoms with van der Waals surface area (Å²) >= 11 is 4.51. The van der Waals surface area contributed by atoms with E-state index in [1.807, 2.05) is 36.4 Å². The van der Waals surface area contributed by atoms with Crippen molar-refractivity contribution in [1.82, 2.24) is 5.32 Å². The van der Waals surface area contributed by atoms with Gasteiger partial charge in [-0.25, -0.2) is 0 Å². The van der Waals surface area contributed by atoms with Crippen molar-refractivity contribution in [3.05, 3.63) is 87.4 Å². The average molecular weight is 453 g/mol. The van der Waals surface area contributed by atoms with Gasteiger partial charge in [-0.05, 0) is 48.2 Å². The molecule has 138 valence electrons. The van der Waals surface area contributed by atoms with Gasteiger partial charge in [0.2, 0.25) is 0 Å². The van der Waals surface area contributed by atoms with Crippen LogP contribution in [0.2, 0.25) is 0 Å². The van der Waals surface area contributed by atoms with Crippen molar-refractivity contribution in [2.24, 2.45) is 4.99 Å². The van der Waals surface area contributed by atoms with E-state index >= 15 is 0 Å². The summed E-state index contributed by atoms with van der Waals surface area (Å²) in [7, 11) is 0. The Labute approximate surface area is 173 Å². The second-order valence-electron chi connectivity index (χ2n) is 5.86. The van der Waals surface area contributed by atoms with Crippen molar-refractivity contribution >= 4 is 50.7 Å². The van der Waals surface area contributed by atoms with E-state index in [1.54, 1.807) is 36.4 Å². The number of hydrogen-bond acceptors (Lipinski definition) is 4. The van der Waals surface area contributed by atoms with Crippen molar-refractivity contribution < 1.29 is 14.0 Å². The lowest BCUT2D eigenvalue weighted by Crippen LogP contribution is -2.20. The largest absolute Gasteiger partial charge is 0.457 e. The van der Waals surface area contributed by atoms with Crippen LogP contribution in [0.3, 0.4) is 0 Å². The van der Waals surface area contributed by atoms with Gasteiger partial charge in [0, 0.05) is 21.7 Å². The first-order valence-corrected chi connectivity index (χ1v) is 9.94. The zero-order valence-corrected chi connectivity index (χ0v) is 16.8. The highest BCUT2D eigenvalue weighted by Crippen LogP contribution is 2.29. The van der Waals surface area contributed by atoms with Crippen LogP contribution in [0.1, 0.15) is 16.1 Å². The SMILES string of the molecule is O=C1NC(=NC(=O)c2ccccc2)S/C1=C\c1ccc(-c2ccc(Br)cc2)o1. The molecular formula is C21H13BrN2O3S. The van der Waals surface area contributed by atoms with E-state index in [0.717, 1.165) is 21.8 Å². The summed E-state index contributed by atoms with van der Waals surface area (Å²) in [6, 6.07) is 20.1. The number of hydrogen-bond donors (Lipinski definition) is 1. The van der Waals surface area contributed by atoms with Gasteiger partial charge in [-0.2, -0.15) is 4.99 Å². The molecule has 1 N–H and O–H groups in total. The van der Waals surface area contributed by atoms with Gasteiger partial charge >= 0.3 is 0 Å². The number of thioether (sulfide) groups is 1. The first kappa shape index (κ1) is 18.5. The Bertz CT molecular complexity index is 1100. The molecule has 7 heteroatoms. The highest BCUT2D eigenvalue weighted by molar-refractivity contribution is 9.10. The maximum Gasteiger partial charge on any atom is 0.279 e. The van der Waals surface area contributed by atoms with E-state index in [9.17, 15) is 9.59 Å². The number of rotatable bonds is 3. The number of amides is 2. The number of aliphatic imine (C=N–C) groups is 1. The van der Waals surface area contributed by atoms with Gasteiger partial charge in [0.25, 0.3) is 11.8 Å². The predicted molar refractivity (Wildman–Crippen MR) is 114 cm³/mol. The van der Waals surface area contributed by atoms with Gasteiger partial charge in [0.15, 0.2) is 5.17 Å². The normalized spacial score (nSPS) is 16.5. The van der Waals surface area contributed by atoms with E-state index in [0.29, 0.717) is 22.0 Å². The van der Waals surface area contributed by atoms with Crippen LogP contribution in [0.4, 0.5) is 0 Å². The summed E-state index contributed by atoms with van der Waals surface area (Å²) in [5, 5.41) is 2.86. The number of benzene rings is 2. The lowest BCUT2D eigenvalue weighted by molar-refractivity contribution is -0.115. The number of halogens is 1. The molecule has 0 saturated carbocycles. The Hall–Kier alpha value is -2.90. The molecule has 2 amide bonds. The van der Waals surface area contributed by atoms with Crippen LogP contribution in [-0.4, -0.2) is 17.0 Å². The third-order valence-electron chi connectivity index (χ3n) is 3.90. The molecule has 5 nitrogen and oxygen atoms in total. The maximum atomic E-state index is 12.2. The second-order valence-corrected chi connectivity index (χ2v) is 7.81. The van der Waals surface area contributed by atoms with E-state index in [1.165, 1.54) is 0 Å². The van der Waals surface area contributed by atoms with Gasteiger partial charge in [0.05, 0.1) is 4.91 Å². The van der Waals surface area contributed by atoms with Gasteiger partial charge in [-0.3, -0.25) is 9.59 Å². The first-order valence-electron chi connectivity index (χ1n) is 8.33. The number of nitrogens with one attached hydrogen (secondary N) is 1. The fourth-order valence-corrected chi connectivity index (χ4v) is 3.61. The molecule has 0 spiro atoms. The topological polar surface area (TPSA) is 71.7 Å². The molecule has 1 aromatic heterocycles. The van der Waals surface area contributed by atoms with Crippen molar-refractivity contribution in [3.63, 3.8) is 0 Å². The fourth-order valence-electron chi connectivity index (χ4n) is 2.55. The summed E-state index contributed by atoms with van der Waals surface area (Å²) in [4.78, 5) is 28.7. The molecule has 0 bridgehead atoms. The highest BCUT2D eigenvalue weighted by atomic mass is 79.9. The van der Waals surface area contributed by atoms with Crippen LogP contribution in [0, 0.1) is 0 Å². The van der Waals surface area contributed by atoms with Gasteiger partial charge in [-0.1, -0.05) is 46.3 Å². The Morgan fingerprint density at radius 3 is 2.54 bits per heavy atom. The van der Waals surface area contributed by atoms with Gasteiger partial charge in [-0.15, -0.1) is 0 Å². The molecule has 1 fully saturated rings. The van der Waals surface area contributed by atoms with Crippen molar-refractivity contribution in [2.45, 2.75) is 0 Å². The molecule has 0 radical (unpaired) electrons. The molecule has 4 rings (SSSR count). The van der Waals surface area contributed by atoms with E-state index < -0.39 is 5.91 Å². The number of carbonyl (C=O) groups is 2. The number of furan rings is 1. The monoisotopic (exact) mass is 452 g/mol. The molecular weight excluding hydrogens is 440 g/mol. The molecule has 0 unspecified atom stereocenters. The summed E-state index contributed by atoms with van der Waals surface area (Å²) in [6.07, 6.45) is 1.64. The van der Waals surface area contributed by atoms with Crippen LogP contribution < -0.4 is 5.32 Å². The maximum absolute atomic E-state index is 12.2. The molecule has 1 saturated heterocycles. The molecule has 2 heterocycles. The van der Waals surface area contributed by atoms with Crippen LogP contribution >= 0.6 is 27.7 Å². The number of carbonyl (C=O) groups excluding carboxylic acids is 2. The Morgan fingerprint density at radius 1 is 1.04 bits per heavy atom. The Kier molecular flexibility index (Phi) is 5.27. The molecule has 1 aliphatic heterocycles. The zero-order valence-electron chi connectivity index (χ0n) is 14.4. The Morgan fingerprint density at radius 2 is 1.79 bits per heavy atom. The smallest absolute Gasteiger partial charge is 0.279 e. The van der Waals surface area contributed by atoms with E-state index in [4.69, 9.17) is 4.42 Å². The van der Waals surface area contributed by atoms with Crippen LogP contribution in [0.15, 0.2) is 85.5 Å². The molecule has 0 atom stereocenters. The molecule has 3 aromatic rings. The summed E-state index contributed by atoms with van der Waals surface area (Å²) in [5.74, 6) is 0.536. The Balaban J connectivity index is 1.51. The highest BCUT2D eigenvalue weighted by Gasteiger charge is 2.25. The van der Waals surface area contributed by atoms with Crippen LogP contribution in [-0.2, 0) is 4.79 Å². The quantitative estimate of drug-likeness (QED) is 0.560. The fraction of sp³-hybridized carbons (Fsp3) is 0. The summed E-state index contributed by atoms with van der Waals surface area (Å²) in [6.45, 7) is 0. The van der Waals surface area contributed by atoms with Crippen molar-refractivity contribution in [2.75, 3.05) is 0 Å². The predicted octanol–water partition coefficient (Wildman–Crippen LogP) is 5.11. The van der Waals surface area contributed by atoms with Crippen LogP contribution in [0.5, 0.6) is 0 Å². The molecule has 0 aliphatic carbocycles. The van der Waals surface area contributed by atoms with E-state index in [2.05, 4.69) is 26.2 Å². The molecule has 28 heavy (non-hydrogen) atoms.